The highest BCUT2D eigenvalue weighted by Crippen LogP contribution is 1.99. The van der Waals surface area contributed by atoms with Crippen molar-refractivity contribution in [2.24, 2.45) is 5.73 Å². The van der Waals surface area contributed by atoms with Gasteiger partial charge in [-0.15, -0.1) is 0 Å². The minimum atomic E-state index is -0.399. The Morgan fingerprint density at radius 2 is 2.29 bits per heavy atom. The maximum absolute atomic E-state index is 11.3. The van der Waals surface area contributed by atoms with Gasteiger partial charge in [-0.3, -0.25) is 4.79 Å². The minimum absolute atomic E-state index is 0.0954. The van der Waals surface area contributed by atoms with Gasteiger partial charge in [0.1, 0.15) is 0 Å². The van der Waals surface area contributed by atoms with Crippen molar-refractivity contribution < 1.29 is 9.35 Å². The van der Waals surface area contributed by atoms with Crippen LogP contribution in [0.4, 0.5) is 0 Å². The summed E-state index contributed by atoms with van der Waals surface area (Å²) < 4.78 is 8.43. The van der Waals surface area contributed by atoms with Gasteiger partial charge in [0.05, 0.1) is 6.04 Å². The lowest BCUT2D eigenvalue weighted by Gasteiger charge is -2.10. The fraction of sp³-hybridized carbons (Fsp3) is 0.875. The maximum atomic E-state index is 11.3. The lowest BCUT2D eigenvalue weighted by molar-refractivity contribution is -0.122. The third-order valence-corrected chi connectivity index (χ3v) is 2.80. The molecule has 0 aromatic rings. The molecule has 0 aromatic heterocycles. The highest BCUT2D eigenvalue weighted by Gasteiger charge is 2.11. The molecule has 1 atom stereocenters. The lowest BCUT2D eigenvalue weighted by Crippen LogP contribution is -2.41. The van der Waals surface area contributed by atoms with Gasteiger partial charge in [0.2, 0.25) is 5.91 Å². The van der Waals surface area contributed by atoms with Gasteiger partial charge < -0.3 is 15.6 Å². The van der Waals surface area contributed by atoms with E-state index in [1.54, 1.807) is 11.8 Å². The second-order valence-corrected chi connectivity index (χ2v) is 4.52. The summed E-state index contributed by atoms with van der Waals surface area (Å²) in [6, 6.07) is -0.399. The zero-order valence-corrected chi connectivity index (χ0v) is 10.00. The first-order chi connectivity index (χ1) is 6.72. The smallest absolute Gasteiger partial charge is 0.236 e. The molecule has 4 N–H and O–H groups in total. The number of carbonyl (C=O) groups excluding carboxylic acids is 1. The molecule has 0 spiro atoms. The molecule has 84 valence electrons. The Labute approximate surface area is 93.6 Å². The summed E-state index contributed by atoms with van der Waals surface area (Å²) in [4.78, 5) is 11.3. The van der Waals surface area contributed by atoms with E-state index in [4.69, 9.17) is 10.3 Å². The van der Waals surface area contributed by atoms with Gasteiger partial charge in [-0.2, -0.15) is 11.8 Å². The molecular formula is C8H18N2O2S2. The summed E-state index contributed by atoms with van der Waals surface area (Å²) in [7, 11) is 0. The van der Waals surface area contributed by atoms with E-state index in [1.807, 2.05) is 6.26 Å². The van der Waals surface area contributed by atoms with E-state index < -0.39 is 6.04 Å². The van der Waals surface area contributed by atoms with Crippen LogP contribution in [0.25, 0.3) is 0 Å². The Balaban J connectivity index is 3.42. The molecule has 0 aliphatic rings. The molecule has 0 unspecified atom stereocenters. The van der Waals surface area contributed by atoms with E-state index in [2.05, 4.69) is 5.32 Å². The fourth-order valence-corrected chi connectivity index (χ4v) is 1.62. The van der Waals surface area contributed by atoms with Crippen molar-refractivity contribution in [1.82, 2.24) is 5.32 Å². The van der Waals surface area contributed by atoms with Gasteiger partial charge in [0.15, 0.2) is 0 Å². The Hall–Kier alpha value is 0.0900. The molecule has 4 nitrogen and oxygen atoms in total. The number of rotatable bonds is 8. The number of hydrogen-bond acceptors (Lipinski definition) is 5. The zero-order chi connectivity index (χ0) is 10.8. The monoisotopic (exact) mass is 238 g/mol. The molecule has 6 heteroatoms. The Morgan fingerprint density at radius 3 is 2.86 bits per heavy atom. The number of nitrogens with one attached hydrogen (secondary N) is 1. The second-order valence-electron chi connectivity index (χ2n) is 2.87. The highest BCUT2D eigenvalue weighted by molar-refractivity contribution is 7.98. The van der Waals surface area contributed by atoms with Crippen LogP contribution < -0.4 is 11.1 Å². The van der Waals surface area contributed by atoms with E-state index in [1.165, 1.54) is 0 Å². The van der Waals surface area contributed by atoms with Crippen molar-refractivity contribution in [1.29, 1.82) is 0 Å². The van der Waals surface area contributed by atoms with E-state index in [0.29, 0.717) is 18.7 Å². The molecule has 0 aliphatic carbocycles. The molecule has 0 aliphatic heterocycles. The molecule has 0 heterocycles. The Morgan fingerprint density at radius 1 is 1.57 bits per heavy atom. The van der Waals surface area contributed by atoms with Gasteiger partial charge in [-0.05, 0) is 36.9 Å². The summed E-state index contributed by atoms with van der Waals surface area (Å²) in [5, 5.41) is 2.73. The van der Waals surface area contributed by atoms with Crippen LogP contribution in [0, 0.1) is 0 Å². The van der Waals surface area contributed by atoms with E-state index in [-0.39, 0.29) is 5.91 Å². The predicted octanol–water partition coefficient (Wildman–Crippen LogP) is 0.779. The standard InChI is InChI=1S/C8H18N2O2S2/c1-13-6-3-7(9)8(11)10-4-2-5-14-12/h7,12H,2-6,9H2,1H3,(H,10,11)/t7-/m1/s1. The second kappa shape index (κ2) is 9.64. The average Bonchev–Trinajstić information content (AvgIpc) is 2.20. The molecule has 0 aromatic carbocycles. The van der Waals surface area contributed by atoms with Crippen molar-refractivity contribution in [2.45, 2.75) is 18.9 Å². The van der Waals surface area contributed by atoms with Crippen LogP contribution in [0.1, 0.15) is 12.8 Å². The number of hydrogen-bond donors (Lipinski definition) is 3. The Kier molecular flexibility index (Phi) is 9.70. The van der Waals surface area contributed by atoms with Crippen LogP contribution in [0.5, 0.6) is 0 Å². The van der Waals surface area contributed by atoms with Crippen LogP contribution in [-0.2, 0) is 4.79 Å². The largest absolute Gasteiger partial charge is 0.355 e. The SMILES string of the molecule is CSCC[C@@H](N)C(=O)NCCCSO. The third-order valence-electron chi connectivity index (χ3n) is 1.68. The van der Waals surface area contributed by atoms with Crippen molar-refractivity contribution in [3.63, 3.8) is 0 Å². The van der Waals surface area contributed by atoms with E-state index >= 15 is 0 Å². The summed E-state index contributed by atoms with van der Waals surface area (Å²) in [5.74, 6) is 1.45. The van der Waals surface area contributed by atoms with Crippen molar-refractivity contribution >= 4 is 29.7 Å². The molecular weight excluding hydrogens is 220 g/mol. The molecule has 0 rings (SSSR count). The number of thioether (sulfide) groups is 1. The van der Waals surface area contributed by atoms with Crippen LogP contribution in [-0.4, -0.2) is 40.8 Å². The van der Waals surface area contributed by atoms with E-state index in [9.17, 15) is 4.79 Å². The molecule has 0 bridgehead atoms. The molecule has 14 heavy (non-hydrogen) atoms. The van der Waals surface area contributed by atoms with Crippen molar-refractivity contribution in [3.8, 4) is 0 Å². The highest BCUT2D eigenvalue weighted by atomic mass is 32.2. The van der Waals surface area contributed by atoms with Crippen LogP contribution in [0.3, 0.4) is 0 Å². The van der Waals surface area contributed by atoms with Crippen molar-refractivity contribution in [2.75, 3.05) is 24.3 Å². The van der Waals surface area contributed by atoms with Gasteiger partial charge in [0, 0.05) is 12.3 Å². The third kappa shape index (κ3) is 7.49. The van der Waals surface area contributed by atoms with Crippen LogP contribution >= 0.6 is 23.8 Å². The molecule has 0 saturated carbocycles. The Bertz CT molecular complexity index is 158. The van der Waals surface area contributed by atoms with Gasteiger partial charge >= 0.3 is 0 Å². The van der Waals surface area contributed by atoms with Crippen LogP contribution in [0.2, 0.25) is 0 Å². The van der Waals surface area contributed by atoms with E-state index in [0.717, 1.165) is 24.2 Å². The molecule has 0 saturated heterocycles. The number of amides is 1. The summed E-state index contributed by atoms with van der Waals surface area (Å²) in [6.45, 7) is 0.583. The van der Waals surface area contributed by atoms with Gasteiger partial charge in [0.25, 0.3) is 0 Å². The van der Waals surface area contributed by atoms with Crippen molar-refractivity contribution in [3.05, 3.63) is 0 Å². The topological polar surface area (TPSA) is 75.4 Å². The summed E-state index contributed by atoms with van der Waals surface area (Å²) in [5.41, 5.74) is 5.64. The minimum Gasteiger partial charge on any atom is -0.355 e. The van der Waals surface area contributed by atoms with Crippen LogP contribution in [0.15, 0.2) is 0 Å². The molecule has 0 fully saturated rings. The summed E-state index contributed by atoms with van der Waals surface area (Å²) >= 11 is 2.47. The fourth-order valence-electron chi connectivity index (χ4n) is 0.855. The number of nitrogens with two attached hydrogens (primary N) is 1. The molecule has 1 amide bonds. The maximum Gasteiger partial charge on any atom is 0.236 e. The first-order valence-corrected chi connectivity index (χ1v) is 6.84. The normalized spacial score (nSPS) is 12.5. The zero-order valence-electron chi connectivity index (χ0n) is 8.36. The summed E-state index contributed by atoms with van der Waals surface area (Å²) in [6.07, 6.45) is 3.47. The van der Waals surface area contributed by atoms with Gasteiger partial charge in [-0.1, -0.05) is 0 Å². The number of carbonyl (C=O) groups is 1. The average molecular weight is 238 g/mol. The molecule has 0 radical (unpaired) electrons. The lowest BCUT2D eigenvalue weighted by atomic mass is 10.2. The van der Waals surface area contributed by atoms with Gasteiger partial charge in [-0.25, -0.2) is 0 Å². The first kappa shape index (κ1) is 14.1. The first-order valence-electron chi connectivity index (χ1n) is 4.51. The predicted molar refractivity (Wildman–Crippen MR) is 63.7 cm³/mol. The quantitative estimate of drug-likeness (QED) is 0.430.